The largest absolute Gasteiger partial charge is 0.396 e. The highest BCUT2D eigenvalue weighted by Gasteiger charge is 2.21. The molecule has 2 aromatic carbocycles. The van der Waals surface area contributed by atoms with Gasteiger partial charge >= 0.3 is 0 Å². The van der Waals surface area contributed by atoms with Crippen molar-refractivity contribution >= 4 is 53.1 Å². The Labute approximate surface area is 211 Å². The number of anilines is 1. The van der Waals surface area contributed by atoms with E-state index >= 15 is 0 Å². The maximum Gasteiger partial charge on any atom is 0.242 e. The predicted octanol–water partition coefficient (Wildman–Crippen LogP) is 2.55. The molecule has 0 saturated carbocycles. The minimum absolute atomic E-state index is 0. The summed E-state index contributed by atoms with van der Waals surface area (Å²) in [5, 5.41) is 16.7. The molecule has 1 fully saturated rings. The lowest BCUT2D eigenvalue weighted by Gasteiger charge is -2.36. The summed E-state index contributed by atoms with van der Waals surface area (Å²) in [4.78, 5) is 20.9. The van der Waals surface area contributed by atoms with Crippen LogP contribution < -0.4 is 15.5 Å². The first-order chi connectivity index (χ1) is 15.1. The second-order valence-electron chi connectivity index (χ2n) is 7.44. The van der Waals surface area contributed by atoms with Gasteiger partial charge in [-0.25, -0.2) is 0 Å². The van der Waals surface area contributed by atoms with Gasteiger partial charge < -0.3 is 25.5 Å². The van der Waals surface area contributed by atoms with Crippen LogP contribution in [0.3, 0.4) is 0 Å². The fourth-order valence-corrected chi connectivity index (χ4v) is 3.72. The SMILES string of the molecule is CN=C(NCC(=O)N1CCN(c2ccc(Cl)cc2)CC1)NCC(CO)c1ccccc1.I. The van der Waals surface area contributed by atoms with Gasteiger partial charge in [-0.3, -0.25) is 9.79 Å². The summed E-state index contributed by atoms with van der Waals surface area (Å²) < 4.78 is 0. The number of amides is 1. The van der Waals surface area contributed by atoms with E-state index in [4.69, 9.17) is 11.6 Å². The van der Waals surface area contributed by atoms with Crippen molar-refractivity contribution in [3.63, 3.8) is 0 Å². The zero-order chi connectivity index (χ0) is 22.1. The molecule has 32 heavy (non-hydrogen) atoms. The van der Waals surface area contributed by atoms with Gasteiger partial charge in [0.05, 0.1) is 13.2 Å². The summed E-state index contributed by atoms with van der Waals surface area (Å²) >= 11 is 5.96. The number of nitrogens with one attached hydrogen (secondary N) is 2. The quantitative estimate of drug-likeness (QED) is 0.271. The van der Waals surface area contributed by atoms with E-state index in [0.29, 0.717) is 25.6 Å². The van der Waals surface area contributed by atoms with Gasteiger partial charge in [-0.15, -0.1) is 24.0 Å². The summed E-state index contributed by atoms with van der Waals surface area (Å²) in [5.74, 6) is 0.541. The lowest BCUT2D eigenvalue weighted by atomic mass is 10.0. The molecule has 7 nitrogen and oxygen atoms in total. The third-order valence-electron chi connectivity index (χ3n) is 5.46. The Morgan fingerprint density at radius 1 is 1.06 bits per heavy atom. The van der Waals surface area contributed by atoms with Crippen molar-refractivity contribution in [3.05, 3.63) is 65.2 Å². The molecule has 3 N–H and O–H groups in total. The molecule has 0 spiro atoms. The molecule has 174 valence electrons. The molecule has 0 bridgehead atoms. The monoisotopic (exact) mass is 571 g/mol. The van der Waals surface area contributed by atoms with Crippen LogP contribution in [-0.4, -0.2) is 74.8 Å². The van der Waals surface area contributed by atoms with Crippen LogP contribution in [0.15, 0.2) is 59.6 Å². The standard InChI is InChI=1S/C23H30ClN5O2.HI/c1-25-23(26-15-19(17-30)18-5-3-2-4-6-18)27-16-22(31)29-13-11-28(12-14-29)21-9-7-20(24)8-10-21;/h2-10,19,30H,11-17H2,1H3,(H2,25,26,27);1H. The van der Waals surface area contributed by atoms with Crippen LogP contribution in [0.2, 0.25) is 5.02 Å². The molecule has 0 aliphatic carbocycles. The summed E-state index contributed by atoms with van der Waals surface area (Å²) in [6.07, 6.45) is 0. The predicted molar refractivity (Wildman–Crippen MR) is 141 cm³/mol. The van der Waals surface area contributed by atoms with Crippen molar-refractivity contribution in [2.75, 3.05) is 57.8 Å². The molecule has 2 aromatic rings. The topological polar surface area (TPSA) is 80.2 Å². The van der Waals surface area contributed by atoms with Gasteiger partial charge in [0.15, 0.2) is 5.96 Å². The third kappa shape index (κ3) is 7.53. The lowest BCUT2D eigenvalue weighted by Crippen LogP contribution is -2.52. The average molecular weight is 572 g/mol. The zero-order valence-corrected chi connectivity index (χ0v) is 21.3. The van der Waals surface area contributed by atoms with Gasteiger partial charge in [-0.2, -0.15) is 0 Å². The van der Waals surface area contributed by atoms with Crippen molar-refractivity contribution in [1.29, 1.82) is 0 Å². The van der Waals surface area contributed by atoms with Gasteiger partial charge in [0.2, 0.25) is 5.91 Å². The number of aliphatic imine (C=N–C) groups is 1. The zero-order valence-electron chi connectivity index (χ0n) is 18.2. The van der Waals surface area contributed by atoms with Gasteiger partial charge in [0.1, 0.15) is 0 Å². The second-order valence-corrected chi connectivity index (χ2v) is 7.88. The smallest absolute Gasteiger partial charge is 0.242 e. The molecule has 9 heteroatoms. The van der Waals surface area contributed by atoms with Crippen LogP contribution in [0.25, 0.3) is 0 Å². The highest BCUT2D eigenvalue weighted by atomic mass is 127. The number of nitrogens with zero attached hydrogens (tertiary/aromatic N) is 3. The summed E-state index contributed by atoms with van der Waals surface area (Å²) in [6.45, 7) is 3.66. The van der Waals surface area contributed by atoms with Crippen LogP contribution in [0.4, 0.5) is 5.69 Å². The number of benzene rings is 2. The number of halogens is 2. The first kappa shape index (κ1) is 26.2. The Morgan fingerprint density at radius 2 is 1.72 bits per heavy atom. The van der Waals surface area contributed by atoms with Crippen LogP contribution in [0.5, 0.6) is 0 Å². The maximum atomic E-state index is 12.6. The van der Waals surface area contributed by atoms with Crippen molar-refractivity contribution in [2.45, 2.75) is 5.92 Å². The second kappa shape index (κ2) is 13.5. The number of carbonyl (C=O) groups excluding carboxylic acids is 1. The molecule has 3 rings (SSSR count). The molecule has 1 aliphatic heterocycles. The summed E-state index contributed by atoms with van der Waals surface area (Å²) in [6, 6.07) is 17.6. The molecular formula is C23H31ClIN5O2. The van der Waals surface area contributed by atoms with Crippen molar-refractivity contribution < 1.29 is 9.90 Å². The normalized spacial score (nSPS) is 15.0. The Hall–Kier alpha value is -2.04. The number of aliphatic hydroxyl groups excluding tert-OH is 1. The van der Waals surface area contributed by atoms with Crippen LogP contribution >= 0.6 is 35.6 Å². The summed E-state index contributed by atoms with van der Waals surface area (Å²) in [7, 11) is 1.67. The lowest BCUT2D eigenvalue weighted by molar-refractivity contribution is -0.130. The summed E-state index contributed by atoms with van der Waals surface area (Å²) in [5.41, 5.74) is 2.18. The number of rotatable bonds is 7. The van der Waals surface area contributed by atoms with Gasteiger partial charge in [-0.05, 0) is 29.8 Å². The Kier molecular flexibility index (Phi) is 11.1. The van der Waals surface area contributed by atoms with E-state index in [9.17, 15) is 9.90 Å². The Balaban J connectivity index is 0.00000363. The molecular weight excluding hydrogens is 541 g/mol. The maximum absolute atomic E-state index is 12.6. The first-order valence-corrected chi connectivity index (χ1v) is 10.9. The van der Waals surface area contributed by atoms with Crippen LogP contribution in [0, 0.1) is 0 Å². The number of hydrogen-bond donors (Lipinski definition) is 3. The molecule has 0 radical (unpaired) electrons. The van der Waals surface area contributed by atoms with Gasteiger partial charge in [0.25, 0.3) is 0 Å². The third-order valence-corrected chi connectivity index (χ3v) is 5.71. The average Bonchev–Trinajstić information content (AvgIpc) is 2.82. The molecule has 1 unspecified atom stereocenters. The number of hydrogen-bond acceptors (Lipinski definition) is 4. The van der Waals surface area contributed by atoms with E-state index < -0.39 is 0 Å². The highest BCUT2D eigenvalue weighted by molar-refractivity contribution is 14.0. The minimum Gasteiger partial charge on any atom is -0.396 e. The molecule has 1 heterocycles. The number of aliphatic hydroxyl groups is 1. The fraction of sp³-hybridized carbons (Fsp3) is 0.391. The number of guanidine groups is 1. The minimum atomic E-state index is -0.0450. The number of piperazine rings is 1. The van der Waals surface area contributed by atoms with E-state index in [1.54, 1.807) is 7.05 Å². The molecule has 1 amide bonds. The van der Waals surface area contributed by atoms with E-state index in [1.165, 1.54) is 0 Å². The molecule has 1 aliphatic rings. The van der Waals surface area contributed by atoms with Crippen molar-refractivity contribution in [2.24, 2.45) is 4.99 Å². The highest BCUT2D eigenvalue weighted by Crippen LogP contribution is 2.19. The van der Waals surface area contributed by atoms with Crippen molar-refractivity contribution in [1.82, 2.24) is 15.5 Å². The Morgan fingerprint density at radius 3 is 2.31 bits per heavy atom. The van der Waals surface area contributed by atoms with E-state index in [2.05, 4.69) is 20.5 Å². The van der Waals surface area contributed by atoms with Gasteiger partial charge in [0, 0.05) is 56.4 Å². The van der Waals surface area contributed by atoms with Crippen LogP contribution in [0.1, 0.15) is 11.5 Å². The van der Waals surface area contributed by atoms with Crippen molar-refractivity contribution in [3.8, 4) is 0 Å². The fourth-order valence-electron chi connectivity index (χ4n) is 3.59. The van der Waals surface area contributed by atoms with Crippen LogP contribution in [-0.2, 0) is 4.79 Å². The first-order valence-electron chi connectivity index (χ1n) is 10.5. The molecule has 0 aromatic heterocycles. The van der Waals surface area contributed by atoms with E-state index in [1.807, 2.05) is 59.5 Å². The molecule has 1 atom stereocenters. The Bertz CT molecular complexity index is 858. The number of carbonyl (C=O) groups is 1. The van der Waals surface area contributed by atoms with E-state index in [-0.39, 0.29) is 49.0 Å². The molecule has 1 saturated heterocycles. The van der Waals surface area contributed by atoms with E-state index in [0.717, 1.165) is 29.4 Å². The van der Waals surface area contributed by atoms with Gasteiger partial charge in [-0.1, -0.05) is 41.9 Å².